The number of rotatable bonds is 3. The molecule has 0 spiro atoms. The average molecular weight is 514 g/mol. The summed E-state index contributed by atoms with van der Waals surface area (Å²) in [6.07, 6.45) is -7.81. The number of hydrogen-bond donors (Lipinski definition) is 0. The number of halogens is 6. The number of alkyl halides is 6. The Balaban J connectivity index is 1.94. The summed E-state index contributed by atoms with van der Waals surface area (Å²) in [6, 6.07) is 8.63. The van der Waals surface area contributed by atoms with Crippen molar-refractivity contribution < 1.29 is 34.8 Å². The molecule has 0 aliphatic carbocycles. The number of fused-ring (bicyclic) bond motifs is 1. The molecule has 0 N–H and O–H groups in total. The van der Waals surface area contributed by atoms with Gasteiger partial charge < -0.3 is 0 Å². The highest BCUT2D eigenvalue weighted by atomic mass is 32.2. The summed E-state index contributed by atoms with van der Waals surface area (Å²) in [5.74, 6) is -0.878. The monoisotopic (exact) mass is 514 g/mol. The Kier molecular flexibility index (Phi) is 6.11. The largest absolute Gasteiger partial charge is 0.416 e. The second kappa shape index (κ2) is 8.54. The Bertz CT molecular complexity index is 1420. The zero-order valence-corrected chi connectivity index (χ0v) is 19.4. The third-order valence-electron chi connectivity index (χ3n) is 5.56. The van der Waals surface area contributed by atoms with Crippen molar-refractivity contribution in [3.8, 4) is 11.3 Å². The highest BCUT2D eigenvalue weighted by molar-refractivity contribution is 7.91. The highest BCUT2D eigenvalue weighted by Crippen LogP contribution is 2.40. The predicted molar refractivity (Wildman–Crippen MR) is 120 cm³/mol. The first-order valence-electron chi connectivity index (χ1n) is 10.5. The quantitative estimate of drug-likeness (QED) is 0.369. The van der Waals surface area contributed by atoms with Crippen LogP contribution < -0.4 is 0 Å². The molecule has 0 atom stereocenters. The van der Waals surface area contributed by atoms with Gasteiger partial charge in [0.2, 0.25) is 0 Å². The van der Waals surface area contributed by atoms with Gasteiger partial charge in [0.1, 0.15) is 0 Å². The molecular formula is C24H20F6N2O2S. The van der Waals surface area contributed by atoms with E-state index in [4.69, 9.17) is 0 Å². The van der Waals surface area contributed by atoms with Crippen LogP contribution in [0.3, 0.4) is 0 Å². The molecule has 0 saturated heterocycles. The van der Waals surface area contributed by atoms with Crippen LogP contribution in [0.4, 0.5) is 26.3 Å². The summed E-state index contributed by atoms with van der Waals surface area (Å²) in [5.41, 5.74) is -0.597. The Morgan fingerprint density at radius 3 is 2.11 bits per heavy atom. The van der Waals surface area contributed by atoms with E-state index in [1.54, 1.807) is 13.8 Å². The maximum atomic E-state index is 13.3. The zero-order chi connectivity index (χ0) is 25.8. The molecule has 11 heteroatoms. The van der Waals surface area contributed by atoms with Crippen LogP contribution in [-0.4, -0.2) is 24.0 Å². The molecule has 0 saturated carbocycles. The topological polar surface area (TPSA) is 52.0 Å². The van der Waals surface area contributed by atoms with E-state index in [-0.39, 0.29) is 34.0 Å². The van der Waals surface area contributed by atoms with Crippen molar-refractivity contribution in [3.05, 3.63) is 76.5 Å². The summed E-state index contributed by atoms with van der Waals surface area (Å²) in [6.45, 7) is 3.54. The van der Waals surface area contributed by atoms with Gasteiger partial charge in [-0.15, -0.1) is 0 Å². The van der Waals surface area contributed by atoms with E-state index in [9.17, 15) is 34.8 Å². The van der Waals surface area contributed by atoms with Crippen molar-refractivity contribution >= 4 is 21.5 Å². The number of benzene rings is 2. The van der Waals surface area contributed by atoms with Gasteiger partial charge in [0, 0.05) is 17.2 Å². The second-order valence-electron chi connectivity index (χ2n) is 8.62. The van der Waals surface area contributed by atoms with Crippen molar-refractivity contribution in [2.45, 2.75) is 38.0 Å². The van der Waals surface area contributed by atoms with Crippen LogP contribution >= 0.6 is 0 Å². The fraction of sp³-hybridized carbons (Fsp3) is 0.292. The lowest BCUT2D eigenvalue weighted by Crippen LogP contribution is -2.20. The Labute approximate surface area is 197 Å². The van der Waals surface area contributed by atoms with Gasteiger partial charge in [-0.1, -0.05) is 24.3 Å². The molecule has 2 aromatic carbocycles. The lowest BCUT2D eigenvalue weighted by Gasteiger charge is -2.20. The summed E-state index contributed by atoms with van der Waals surface area (Å²) in [5, 5.41) is 4.46. The summed E-state index contributed by atoms with van der Waals surface area (Å²) in [7, 11) is -3.75. The SMILES string of the molecule is CC(C)n1nc(-c2cccc(C(F)(F)F)c2)c2c1/C(=C/c1cccc(C(F)(F)F)c1)CS(=O)(=O)C2. The Morgan fingerprint density at radius 2 is 1.51 bits per heavy atom. The van der Waals surface area contributed by atoms with Crippen molar-refractivity contribution in [2.24, 2.45) is 0 Å². The Hall–Kier alpha value is -3.08. The minimum absolute atomic E-state index is 0.0954. The lowest BCUT2D eigenvalue weighted by atomic mass is 9.99. The molecule has 1 aliphatic rings. The molecule has 1 aliphatic heterocycles. The first kappa shape index (κ1) is 25.0. The molecule has 1 aromatic heterocycles. The standard InChI is InChI=1S/C24H20F6N2O2S/c1-14(2)32-22-17(9-15-5-3-7-18(10-15)23(25,26)27)12-35(33,34)13-20(22)21(31-32)16-6-4-8-19(11-16)24(28,29)30/h3-11,14H,12-13H2,1-2H3/b17-9+. The third kappa shape index (κ3) is 5.14. The van der Waals surface area contributed by atoms with E-state index < -0.39 is 44.8 Å². The minimum Gasteiger partial charge on any atom is -0.262 e. The van der Waals surface area contributed by atoms with Gasteiger partial charge in [-0.2, -0.15) is 31.4 Å². The van der Waals surface area contributed by atoms with Gasteiger partial charge >= 0.3 is 12.4 Å². The van der Waals surface area contributed by atoms with Crippen molar-refractivity contribution in [1.29, 1.82) is 0 Å². The van der Waals surface area contributed by atoms with Crippen LogP contribution in [0, 0.1) is 0 Å². The maximum Gasteiger partial charge on any atom is 0.416 e. The molecule has 0 unspecified atom stereocenters. The minimum atomic E-state index is -4.60. The Morgan fingerprint density at radius 1 is 0.914 bits per heavy atom. The van der Waals surface area contributed by atoms with Crippen LogP contribution in [-0.2, 0) is 27.9 Å². The first-order valence-corrected chi connectivity index (χ1v) is 12.4. The first-order chi connectivity index (χ1) is 16.2. The highest BCUT2D eigenvalue weighted by Gasteiger charge is 2.35. The summed E-state index contributed by atoms with van der Waals surface area (Å²) >= 11 is 0. The molecule has 0 fully saturated rings. The molecule has 4 rings (SSSR count). The summed E-state index contributed by atoms with van der Waals surface area (Å²) in [4.78, 5) is 0. The lowest BCUT2D eigenvalue weighted by molar-refractivity contribution is -0.138. The van der Waals surface area contributed by atoms with E-state index >= 15 is 0 Å². The molecule has 35 heavy (non-hydrogen) atoms. The normalized spacial score (nSPS) is 17.1. The van der Waals surface area contributed by atoms with E-state index in [0.29, 0.717) is 5.69 Å². The van der Waals surface area contributed by atoms with E-state index in [1.165, 1.54) is 35.0 Å². The molecule has 0 bridgehead atoms. The molecule has 186 valence electrons. The molecule has 0 radical (unpaired) electrons. The van der Waals surface area contributed by atoms with Crippen LogP contribution in [0.2, 0.25) is 0 Å². The van der Waals surface area contributed by atoms with E-state index in [2.05, 4.69) is 5.10 Å². The van der Waals surface area contributed by atoms with Crippen LogP contribution in [0.15, 0.2) is 48.5 Å². The number of hydrogen-bond acceptors (Lipinski definition) is 3. The molecule has 4 nitrogen and oxygen atoms in total. The van der Waals surface area contributed by atoms with Crippen molar-refractivity contribution in [2.75, 3.05) is 5.75 Å². The van der Waals surface area contributed by atoms with Gasteiger partial charge in [0.25, 0.3) is 0 Å². The molecule has 3 aromatic rings. The van der Waals surface area contributed by atoms with E-state index in [1.807, 2.05) is 0 Å². The van der Waals surface area contributed by atoms with Gasteiger partial charge in [0.05, 0.1) is 34.0 Å². The third-order valence-corrected chi connectivity index (χ3v) is 7.04. The molecular weight excluding hydrogens is 494 g/mol. The molecule has 2 heterocycles. The van der Waals surface area contributed by atoms with E-state index in [0.717, 1.165) is 24.3 Å². The smallest absolute Gasteiger partial charge is 0.262 e. The average Bonchev–Trinajstić information content (AvgIpc) is 3.11. The number of sulfone groups is 1. The summed E-state index contributed by atoms with van der Waals surface area (Å²) < 4.78 is 106. The van der Waals surface area contributed by atoms with Crippen molar-refractivity contribution in [3.63, 3.8) is 0 Å². The van der Waals surface area contributed by atoms with Gasteiger partial charge in [-0.25, -0.2) is 8.42 Å². The fourth-order valence-corrected chi connectivity index (χ4v) is 5.60. The van der Waals surface area contributed by atoms with Gasteiger partial charge in [-0.3, -0.25) is 4.68 Å². The van der Waals surface area contributed by atoms with Gasteiger partial charge in [0.15, 0.2) is 9.84 Å². The van der Waals surface area contributed by atoms with Crippen LogP contribution in [0.5, 0.6) is 0 Å². The van der Waals surface area contributed by atoms with Gasteiger partial charge in [-0.05, 0) is 55.3 Å². The van der Waals surface area contributed by atoms with Crippen LogP contribution in [0.25, 0.3) is 22.9 Å². The second-order valence-corrected chi connectivity index (χ2v) is 10.7. The predicted octanol–water partition coefficient (Wildman–Crippen LogP) is 6.64. The zero-order valence-electron chi connectivity index (χ0n) is 18.6. The maximum absolute atomic E-state index is 13.3. The fourth-order valence-electron chi connectivity index (χ4n) is 4.09. The molecule has 0 amide bonds. The number of aromatic nitrogens is 2. The van der Waals surface area contributed by atoms with Crippen LogP contribution in [0.1, 0.15) is 47.8 Å². The van der Waals surface area contributed by atoms with Crippen molar-refractivity contribution in [1.82, 2.24) is 9.78 Å². The number of nitrogens with zero attached hydrogens (tertiary/aromatic N) is 2.